The van der Waals surface area contributed by atoms with E-state index in [0.717, 1.165) is 36.8 Å². The van der Waals surface area contributed by atoms with Crippen LogP contribution in [0.4, 0.5) is 5.69 Å². The van der Waals surface area contributed by atoms with Gasteiger partial charge in [-0.1, -0.05) is 12.1 Å². The molecule has 6 heteroatoms. The van der Waals surface area contributed by atoms with Gasteiger partial charge in [-0.2, -0.15) is 0 Å². The van der Waals surface area contributed by atoms with Crippen LogP contribution < -0.4 is 10.6 Å². The van der Waals surface area contributed by atoms with Crippen molar-refractivity contribution in [1.29, 1.82) is 0 Å². The number of nitrogens with one attached hydrogen (secondary N) is 2. The van der Waals surface area contributed by atoms with Crippen LogP contribution in [-0.2, 0) is 9.59 Å². The van der Waals surface area contributed by atoms with Crippen LogP contribution in [0.5, 0.6) is 0 Å². The minimum atomic E-state index is 0.00424. The van der Waals surface area contributed by atoms with Gasteiger partial charge in [0.1, 0.15) is 0 Å². The van der Waals surface area contributed by atoms with Gasteiger partial charge in [-0.25, -0.2) is 0 Å². The van der Waals surface area contributed by atoms with E-state index >= 15 is 0 Å². The van der Waals surface area contributed by atoms with Gasteiger partial charge in [-0.05, 0) is 56.3 Å². The first-order chi connectivity index (χ1) is 12.5. The second kappa shape index (κ2) is 8.64. The predicted molar refractivity (Wildman–Crippen MR) is 103 cm³/mol. The van der Waals surface area contributed by atoms with Gasteiger partial charge in [-0.3, -0.25) is 14.5 Å². The average molecular weight is 358 g/mol. The molecule has 2 fully saturated rings. The smallest absolute Gasteiger partial charge is 0.238 e. The number of hydrogen-bond acceptors (Lipinski definition) is 4. The lowest BCUT2D eigenvalue weighted by atomic mass is 10.1. The van der Waals surface area contributed by atoms with Crippen molar-refractivity contribution < 1.29 is 9.59 Å². The van der Waals surface area contributed by atoms with E-state index in [1.165, 1.54) is 18.4 Å². The molecule has 0 spiro atoms. The van der Waals surface area contributed by atoms with E-state index in [4.69, 9.17) is 0 Å². The third kappa shape index (κ3) is 5.29. The van der Waals surface area contributed by atoms with E-state index < -0.39 is 0 Å². The van der Waals surface area contributed by atoms with Gasteiger partial charge in [0.15, 0.2) is 0 Å². The maximum absolute atomic E-state index is 12.3. The Hall–Kier alpha value is -1.92. The molecular formula is C20H30N4O2. The molecule has 6 nitrogen and oxygen atoms in total. The largest absolute Gasteiger partial charge is 0.339 e. The summed E-state index contributed by atoms with van der Waals surface area (Å²) in [5.74, 6) is 0.963. The second-order valence-corrected chi connectivity index (χ2v) is 7.53. The van der Waals surface area contributed by atoms with E-state index in [0.29, 0.717) is 26.2 Å². The molecule has 1 aliphatic heterocycles. The van der Waals surface area contributed by atoms with Crippen molar-refractivity contribution in [3.05, 3.63) is 29.3 Å². The Balaban J connectivity index is 1.38. The summed E-state index contributed by atoms with van der Waals surface area (Å²) in [5.41, 5.74) is 3.16. The molecular weight excluding hydrogens is 328 g/mol. The molecule has 1 aliphatic carbocycles. The van der Waals surface area contributed by atoms with Crippen LogP contribution in [-0.4, -0.2) is 67.4 Å². The molecule has 0 atom stereocenters. The molecule has 1 heterocycles. The molecule has 26 heavy (non-hydrogen) atoms. The van der Waals surface area contributed by atoms with Crippen molar-refractivity contribution in [2.45, 2.75) is 26.7 Å². The number of carbonyl (C=O) groups is 2. The van der Waals surface area contributed by atoms with Crippen LogP contribution in [0.25, 0.3) is 0 Å². The highest BCUT2D eigenvalue weighted by Gasteiger charge is 2.24. The fourth-order valence-electron chi connectivity index (χ4n) is 3.25. The molecule has 0 bridgehead atoms. The number of rotatable bonds is 7. The third-order valence-electron chi connectivity index (χ3n) is 5.38. The zero-order chi connectivity index (χ0) is 18.5. The molecule has 2 aliphatic rings. The summed E-state index contributed by atoms with van der Waals surface area (Å²) in [5, 5.41) is 6.26. The molecule has 1 aromatic carbocycles. The standard InChI is InChI=1S/C20H30N4O2/c1-15-4-3-5-18(16(15)2)22-19(25)14-23-8-10-24(11-9-23)20(26)13-21-12-17-6-7-17/h3-5,17,21H,6-14H2,1-2H3,(H,22,25). The highest BCUT2D eigenvalue weighted by molar-refractivity contribution is 5.93. The van der Waals surface area contributed by atoms with Gasteiger partial charge in [0.25, 0.3) is 0 Å². The molecule has 1 saturated carbocycles. The quantitative estimate of drug-likeness (QED) is 0.773. The van der Waals surface area contributed by atoms with Crippen molar-refractivity contribution in [1.82, 2.24) is 15.1 Å². The maximum Gasteiger partial charge on any atom is 0.238 e. The molecule has 3 rings (SSSR count). The van der Waals surface area contributed by atoms with Gasteiger partial charge in [0.2, 0.25) is 11.8 Å². The topological polar surface area (TPSA) is 64.7 Å². The number of piperazine rings is 1. The first kappa shape index (κ1) is 18.9. The molecule has 2 amide bonds. The lowest BCUT2D eigenvalue weighted by Gasteiger charge is -2.34. The first-order valence-corrected chi connectivity index (χ1v) is 9.60. The van der Waals surface area contributed by atoms with Crippen molar-refractivity contribution in [2.75, 3.05) is 51.1 Å². The van der Waals surface area contributed by atoms with Crippen molar-refractivity contribution in [3.63, 3.8) is 0 Å². The van der Waals surface area contributed by atoms with E-state index in [-0.39, 0.29) is 11.8 Å². The summed E-state index contributed by atoms with van der Waals surface area (Å²) in [6.07, 6.45) is 2.59. The number of anilines is 1. The van der Waals surface area contributed by atoms with E-state index in [2.05, 4.69) is 15.5 Å². The summed E-state index contributed by atoms with van der Waals surface area (Å²) >= 11 is 0. The van der Waals surface area contributed by atoms with E-state index in [1.54, 1.807) is 0 Å². The highest BCUT2D eigenvalue weighted by Crippen LogP contribution is 2.27. The maximum atomic E-state index is 12.3. The lowest BCUT2D eigenvalue weighted by Crippen LogP contribution is -2.52. The van der Waals surface area contributed by atoms with Crippen molar-refractivity contribution in [3.8, 4) is 0 Å². The SMILES string of the molecule is Cc1cccc(NC(=O)CN2CCN(C(=O)CNCC3CC3)CC2)c1C. The van der Waals surface area contributed by atoms with Gasteiger partial charge < -0.3 is 15.5 Å². The molecule has 0 unspecified atom stereocenters. The Morgan fingerprint density at radius 1 is 1.12 bits per heavy atom. The first-order valence-electron chi connectivity index (χ1n) is 9.60. The lowest BCUT2D eigenvalue weighted by molar-refractivity contribution is -0.132. The fraction of sp³-hybridized carbons (Fsp3) is 0.600. The summed E-state index contributed by atoms with van der Waals surface area (Å²) < 4.78 is 0. The fourth-order valence-corrected chi connectivity index (χ4v) is 3.25. The van der Waals surface area contributed by atoms with Crippen LogP contribution in [0.15, 0.2) is 18.2 Å². The van der Waals surface area contributed by atoms with Crippen LogP contribution >= 0.6 is 0 Å². The number of hydrogen-bond donors (Lipinski definition) is 2. The minimum absolute atomic E-state index is 0.00424. The Kier molecular flexibility index (Phi) is 6.27. The molecule has 2 N–H and O–H groups in total. The van der Waals surface area contributed by atoms with Crippen LogP contribution in [0.3, 0.4) is 0 Å². The molecule has 0 aromatic heterocycles. The zero-order valence-corrected chi connectivity index (χ0v) is 15.9. The normalized spacial score (nSPS) is 18.0. The Morgan fingerprint density at radius 3 is 2.54 bits per heavy atom. The Labute approximate surface area is 155 Å². The summed E-state index contributed by atoms with van der Waals surface area (Å²) in [7, 11) is 0. The predicted octanol–water partition coefficient (Wildman–Crippen LogP) is 1.39. The average Bonchev–Trinajstić information content (AvgIpc) is 3.44. The summed E-state index contributed by atoms with van der Waals surface area (Å²) in [4.78, 5) is 28.5. The molecule has 1 saturated heterocycles. The minimum Gasteiger partial charge on any atom is -0.339 e. The number of carbonyl (C=O) groups excluding carboxylic acids is 2. The van der Waals surface area contributed by atoms with Gasteiger partial charge in [-0.15, -0.1) is 0 Å². The van der Waals surface area contributed by atoms with Gasteiger partial charge in [0.05, 0.1) is 13.1 Å². The van der Waals surface area contributed by atoms with E-state index in [1.807, 2.05) is 36.9 Å². The van der Waals surface area contributed by atoms with Crippen molar-refractivity contribution >= 4 is 17.5 Å². The summed E-state index contributed by atoms with van der Waals surface area (Å²) in [6, 6.07) is 5.94. The van der Waals surface area contributed by atoms with E-state index in [9.17, 15) is 9.59 Å². The van der Waals surface area contributed by atoms with Crippen LogP contribution in [0.2, 0.25) is 0 Å². The monoisotopic (exact) mass is 358 g/mol. The summed E-state index contributed by atoms with van der Waals surface area (Å²) in [6.45, 7) is 8.71. The third-order valence-corrected chi connectivity index (χ3v) is 5.38. The zero-order valence-electron chi connectivity index (χ0n) is 15.9. The molecule has 142 valence electrons. The van der Waals surface area contributed by atoms with Crippen molar-refractivity contribution in [2.24, 2.45) is 5.92 Å². The Bertz CT molecular complexity index is 649. The molecule has 0 radical (unpaired) electrons. The second-order valence-electron chi connectivity index (χ2n) is 7.53. The number of amides is 2. The number of aryl methyl sites for hydroxylation is 1. The van der Waals surface area contributed by atoms with Gasteiger partial charge >= 0.3 is 0 Å². The van der Waals surface area contributed by atoms with Crippen LogP contribution in [0.1, 0.15) is 24.0 Å². The molecule has 1 aromatic rings. The number of nitrogens with zero attached hydrogens (tertiary/aromatic N) is 2. The Morgan fingerprint density at radius 2 is 1.85 bits per heavy atom. The van der Waals surface area contributed by atoms with Gasteiger partial charge in [0, 0.05) is 31.9 Å². The number of benzene rings is 1. The van der Waals surface area contributed by atoms with Crippen LogP contribution in [0, 0.1) is 19.8 Å². The highest BCUT2D eigenvalue weighted by atomic mass is 16.2.